The minimum atomic E-state index is -4.12. The molecule has 1 aromatic carbocycles. The van der Waals surface area contributed by atoms with Crippen LogP contribution in [0.1, 0.15) is 45.3 Å². The number of hydrogen-bond acceptors (Lipinski definition) is 10. The fraction of sp³-hybridized carbons (Fsp3) is 0.318. The van der Waals surface area contributed by atoms with Crippen LogP contribution in [0.25, 0.3) is 0 Å². The fourth-order valence-electron chi connectivity index (χ4n) is 4.04. The Kier molecular flexibility index (Phi) is 8.14. The predicted octanol–water partition coefficient (Wildman–Crippen LogP) is 2.52. The van der Waals surface area contributed by atoms with E-state index in [2.05, 4.69) is 35.4 Å². The van der Waals surface area contributed by atoms with Crippen molar-refractivity contribution in [2.24, 2.45) is 11.1 Å². The van der Waals surface area contributed by atoms with Crippen molar-refractivity contribution >= 4 is 49.2 Å². The van der Waals surface area contributed by atoms with Gasteiger partial charge in [0.2, 0.25) is 5.78 Å². The van der Waals surface area contributed by atoms with E-state index in [4.69, 9.17) is 5.14 Å². The van der Waals surface area contributed by atoms with Gasteiger partial charge in [0, 0.05) is 28.2 Å². The van der Waals surface area contributed by atoms with Crippen LogP contribution in [0.5, 0.6) is 0 Å². The highest BCUT2D eigenvalue weighted by molar-refractivity contribution is 9.10. The summed E-state index contributed by atoms with van der Waals surface area (Å²) in [6.07, 6.45) is 1.18. The Morgan fingerprint density at radius 3 is 2.89 bits per heavy atom. The van der Waals surface area contributed by atoms with Crippen molar-refractivity contribution in [1.82, 2.24) is 9.97 Å². The third-order valence-electron chi connectivity index (χ3n) is 5.81. The number of anilines is 1. The number of halogens is 2. The van der Waals surface area contributed by atoms with Gasteiger partial charge in [0.25, 0.3) is 0 Å². The number of hydrogen-bond donors (Lipinski definition) is 4. The van der Waals surface area contributed by atoms with Crippen molar-refractivity contribution in [3.05, 3.63) is 74.0 Å². The van der Waals surface area contributed by atoms with E-state index in [1.54, 1.807) is 5.38 Å². The Balaban J connectivity index is 1.49. The van der Waals surface area contributed by atoms with E-state index in [0.29, 0.717) is 21.3 Å². The number of nitrogens with two attached hydrogens (primary N) is 1. The highest BCUT2D eigenvalue weighted by Crippen LogP contribution is 2.33. The van der Waals surface area contributed by atoms with Gasteiger partial charge in [-0.1, -0.05) is 15.9 Å². The van der Waals surface area contributed by atoms with Crippen LogP contribution in [0.4, 0.5) is 10.2 Å². The molecule has 0 unspecified atom stereocenters. The molecule has 0 bridgehead atoms. The second-order valence-corrected chi connectivity index (χ2v) is 11.4. The molecule has 4 atom stereocenters. The van der Waals surface area contributed by atoms with E-state index in [0.717, 1.165) is 11.3 Å². The molecule has 0 amide bonds. The van der Waals surface area contributed by atoms with Gasteiger partial charge in [-0.15, -0.1) is 11.3 Å². The molecule has 14 heteroatoms. The van der Waals surface area contributed by atoms with Crippen LogP contribution in [-0.4, -0.2) is 53.1 Å². The van der Waals surface area contributed by atoms with Crippen LogP contribution in [0.15, 0.2) is 46.6 Å². The zero-order valence-corrected chi connectivity index (χ0v) is 21.8. The number of ketones is 1. The molecule has 2 aromatic heterocycles. The largest absolute Gasteiger partial charge is 0.393 e. The number of nitrogens with one attached hydrogen (secondary N) is 1. The fourth-order valence-corrected chi connectivity index (χ4v) is 5.66. The van der Waals surface area contributed by atoms with Gasteiger partial charge in [0.1, 0.15) is 24.1 Å². The van der Waals surface area contributed by atoms with Crippen molar-refractivity contribution in [3.8, 4) is 0 Å². The molecule has 0 radical (unpaired) electrons. The first-order chi connectivity index (χ1) is 17.0. The highest BCUT2D eigenvalue weighted by atomic mass is 79.9. The first-order valence-electron chi connectivity index (χ1n) is 10.7. The minimum Gasteiger partial charge on any atom is -0.393 e. The van der Waals surface area contributed by atoms with Crippen LogP contribution < -0.4 is 10.5 Å². The molecule has 1 saturated carbocycles. The van der Waals surface area contributed by atoms with Crippen molar-refractivity contribution < 1.29 is 32.0 Å². The Morgan fingerprint density at radius 1 is 1.36 bits per heavy atom. The maximum atomic E-state index is 14.2. The molecule has 2 heterocycles. The lowest BCUT2D eigenvalue weighted by atomic mass is 10.0. The Bertz CT molecular complexity index is 1370. The molecule has 1 aliphatic rings. The van der Waals surface area contributed by atoms with Crippen LogP contribution in [0, 0.1) is 11.7 Å². The quantitative estimate of drug-likeness (QED) is 0.270. The number of aliphatic hydroxyl groups excluding tert-OH is 2. The SMILES string of the molecule is NS(=O)(=O)OC[C@H]1C[C@@H](Nc2ncncc2C(=O)c2cc([C@@H](O)c3cc(Br)ccc3F)cs2)C[C@@H]1O. The van der Waals surface area contributed by atoms with Gasteiger partial charge in [-0.25, -0.2) is 19.5 Å². The number of carbonyl (C=O) groups excluding carboxylic acids is 1. The van der Waals surface area contributed by atoms with Crippen LogP contribution in [-0.2, 0) is 14.5 Å². The molecule has 0 spiro atoms. The maximum Gasteiger partial charge on any atom is 0.333 e. The van der Waals surface area contributed by atoms with Crippen LogP contribution >= 0.6 is 27.3 Å². The molecular weight excluding hydrogens is 579 g/mol. The summed E-state index contributed by atoms with van der Waals surface area (Å²) in [5.41, 5.74) is 0.614. The molecule has 192 valence electrons. The predicted molar refractivity (Wildman–Crippen MR) is 133 cm³/mol. The lowest BCUT2D eigenvalue weighted by molar-refractivity contribution is 0.101. The van der Waals surface area contributed by atoms with Crippen molar-refractivity contribution in [3.63, 3.8) is 0 Å². The Labute approximate surface area is 218 Å². The summed E-state index contributed by atoms with van der Waals surface area (Å²) in [6.45, 7) is -0.257. The van der Waals surface area contributed by atoms with Crippen molar-refractivity contribution in [1.29, 1.82) is 0 Å². The Morgan fingerprint density at radius 2 is 2.14 bits per heavy atom. The lowest BCUT2D eigenvalue weighted by Crippen LogP contribution is -2.24. The molecule has 36 heavy (non-hydrogen) atoms. The summed E-state index contributed by atoms with van der Waals surface area (Å²) < 4.78 is 41.5. The lowest BCUT2D eigenvalue weighted by Gasteiger charge is -2.15. The zero-order valence-electron chi connectivity index (χ0n) is 18.5. The minimum absolute atomic E-state index is 0.0762. The molecule has 3 aromatic rings. The summed E-state index contributed by atoms with van der Waals surface area (Å²) in [4.78, 5) is 21.7. The molecule has 10 nitrogen and oxygen atoms in total. The van der Waals surface area contributed by atoms with Gasteiger partial charge in [-0.05, 0) is 48.1 Å². The molecule has 5 N–H and O–H groups in total. The topological polar surface area (TPSA) is 165 Å². The van der Waals surface area contributed by atoms with Gasteiger partial charge in [0.15, 0.2) is 0 Å². The average Bonchev–Trinajstić information content (AvgIpc) is 3.45. The van der Waals surface area contributed by atoms with Crippen LogP contribution in [0.3, 0.4) is 0 Å². The molecule has 0 aliphatic heterocycles. The second-order valence-electron chi connectivity index (χ2n) is 8.34. The number of nitrogens with zero attached hydrogens (tertiary/aromatic N) is 2. The van der Waals surface area contributed by atoms with Gasteiger partial charge < -0.3 is 15.5 Å². The summed E-state index contributed by atoms with van der Waals surface area (Å²) in [5.74, 6) is -1.20. The normalized spacial score (nSPS) is 20.9. The molecule has 4 rings (SSSR count). The summed E-state index contributed by atoms with van der Waals surface area (Å²) in [7, 11) is -4.12. The molecule has 0 saturated heterocycles. The zero-order chi connectivity index (χ0) is 26.0. The molecule has 1 aliphatic carbocycles. The van der Waals surface area contributed by atoms with Crippen molar-refractivity contribution in [2.75, 3.05) is 11.9 Å². The number of benzene rings is 1. The standard InChI is InChI=1S/C22H22BrFN4O6S2/c23-13-1-2-17(24)15(5-13)20(30)12-4-19(35-9-12)21(31)16-7-26-10-27-22(16)28-14-3-11(18(29)6-14)8-34-36(25,32)33/h1-2,4-5,7,9-11,14,18,20,29-30H,3,6,8H2,(H2,25,32,33)(H,26,27,28)/t11-,14-,18+,20-/m1/s1. The van der Waals surface area contributed by atoms with E-state index in [1.807, 2.05) is 0 Å². The highest BCUT2D eigenvalue weighted by Gasteiger charge is 2.35. The van der Waals surface area contributed by atoms with E-state index >= 15 is 0 Å². The van der Waals surface area contributed by atoms with E-state index < -0.39 is 40.0 Å². The number of thiophene rings is 1. The van der Waals surface area contributed by atoms with Crippen LogP contribution in [0.2, 0.25) is 0 Å². The van der Waals surface area contributed by atoms with E-state index in [9.17, 15) is 27.8 Å². The smallest absolute Gasteiger partial charge is 0.333 e. The molecule has 1 fully saturated rings. The third-order valence-corrected chi connectivity index (χ3v) is 7.72. The van der Waals surface area contributed by atoms with Gasteiger partial charge in [-0.2, -0.15) is 8.42 Å². The number of aromatic nitrogens is 2. The molecular formula is C22H22BrFN4O6S2. The number of rotatable bonds is 9. The Hall–Kier alpha value is -2.33. The first-order valence-corrected chi connectivity index (χ1v) is 13.8. The first kappa shape index (κ1) is 26.7. The van der Waals surface area contributed by atoms with Gasteiger partial charge in [-0.3, -0.25) is 8.98 Å². The van der Waals surface area contributed by atoms with E-state index in [1.165, 1.54) is 36.8 Å². The summed E-state index contributed by atoms with van der Waals surface area (Å²) in [6, 6.07) is 5.43. The summed E-state index contributed by atoms with van der Waals surface area (Å²) >= 11 is 4.35. The number of carbonyl (C=O) groups is 1. The van der Waals surface area contributed by atoms with Gasteiger partial charge in [0.05, 0.1) is 23.2 Å². The number of aliphatic hydroxyl groups is 2. The maximum absolute atomic E-state index is 14.2. The second kappa shape index (κ2) is 11.0. The van der Waals surface area contributed by atoms with Crippen molar-refractivity contribution in [2.45, 2.75) is 31.1 Å². The monoisotopic (exact) mass is 600 g/mol. The third kappa shape index (κ3) is 6.32. The average molecular weight is 601 g/mol. The van der Waals surface area contributed by atoms with Gasteiger partial charge >= 0.3 is 10.3 Å². The van der Waals surface area contributed by atoms with E-state index in [-0.39, 0.29) is 36.0 Å². The summed E-state index contributed by atoms with van der Waals surface area (Å²) in [5, 5.41) is 30.5.